The summed E-state index contributed by atoms with van der Waals surface area (Å²) in [6, 6.07) is 6.69. The first-order chi connectivity index (χ1) is 10.1. The Balaban J connectivity index is 1.68. The van der Waals surface area contributed by atoms with E-state index in [1.807, 2.05) is 0 Å². The number of aryl methyl sites for hydroxylation is 3. The molecule has 0 bridgehead atoms. The molecule has 0 N–H and O–H groups in total. The van der Waals surface area contributed by atoms with Crippen LogP contribution in [0.25, 0.3) is 0 Å². The number of rotatable bonds is 3. The van der Waals surface area contributed by atoms with Crippen LogP contribution in [0.2, 0.25) is 0 Å². The van der Waals surface area contributed by atoms with Gasteiger partial charge in [-0.1, -0.05) is 34.5 Å². The zero-order chi connectivity index (χ0) is 14.8. The number of morpholine rings is 1. The van der Waals surface area contributed by atoms with Gasteiger partial charge in [0.2, 0.25) is 11.7 Å². The quantitative estimate of drug-likeness (QED) is 0.868. The maximum absolute atomic E-state index is 5.77. The second kappa shape index (κ2) is 5.95. The fraction of sp³-hybridized carbons (Fsp3) is 0.500. The van der Waals surface area contributed by atoms with Crippen LogP contribution in [-0.4, -0.2) is 34.7 Å². The van der Waals surface area contributed by atoms with Crippen LogP contribution in [0, 0.1) is 20.8 Å². The molecule has 112 valence electrons. The van der Waals surface area contributed by atoms with E-state index in [9.17, 15) is 0 Å². The average Bonchev–Trinajstić information content (AvgIpc) is 2.84. The van der Waals surface area contributed by atoms with E-state index in [0.717, 1.165) is 19.6 Å². The SMILES string of the molecule is Cc1cc(C)cc(CN2CCOC(c3noc(C)n3)C2)c1. The van der Waals surface area contributed by atoms with Crippen LogP contribution in [0.4, 0.5) is 0 Å². The van der Waals surface area contributed by atoms with E-state index >= 15 is 0 Å². The second-order valence-corrected chi connectivity index (χ2v) is 5.76. The molecule has 1 aliphatic rings. The Kier molecular flexibility index (Phi) is 4.03. The van der Waals surface area contributed by atoms with Gasteiger partial charge in [-0.2, -0.15) is 4.98 Å². The fourth-order valence-electron chi connectivity index (χ4n) is 2.87. The third kappa shape index (κ3) is 3.49. The molecule has 1 saturated heterocycles. The molecule has 2 aromatic rings. The molecular weight excluding hydrogens is 266 g/mol. The van der Waals surface area contributed by atoms with Crippen molar-refractivity contribution in [2.45, 2.75) is 33.4 Å². The molecule has 3 rings (SSSR count). The first-order valence-electron chi connectivity index (χ1n) is 7.31. The highest BCUT2D eigenvalue weighted by atomic mass is 16.5. The van der Waals surface area contributed by atoms with Crippen LogP contribution in [0.15, 0.2) is 22.7 Å². The van der Waals surface area contributed by atoms with Gasteiger partial charge < -0.3 is 9.26 Å². The number of hydrogen-bond donors (Lipinski definition) is 0. The molecular formula is C16H21N3O2. The molecule has 1 aromatic heterocycles. The maximum atomic E-state index is 5.77. The Bertz CT molecular complexity index is 603. The van der Waals surface area contributed by atoms with E-state index in [1.165, 1.54) is 16.7 Å². The number of benzene rings is 1. The molecule has 1 aliphatic heterocycles. The maximum Gasteiger partial charge on any atom is 0.223 e. The first-order valence-corrected chi connectivity index (χ1v) is 7.31. The minimum Gasteiger partial charge on any atom is -0.367 e. The lowest BCUT2D eigenvalue weighted by molar-refractivity contribution is -0.0380. The monoisotopic (exact) mass is 287 g/mol. The Morgan fingerprint density at radius 2 is 1.95 bits per heavy atom. The van der Waals surface area contributed by atoms with Gasteiger partial charge in [-0.25, -0.2) is 0 Å². The van der Waals surface area contributed by atoms with Gasteiger partial charge in [-0.3, -0.25) is 4.90 Å². The van der Waals surface area contributed by atoms with Crippen molar-refractivity contribution in [3.63, 3.8) is 0 Å². The molecule has 5 nitrogen and oxygen atoms in total. The molecule has 1 unspecified atom stereocenters. The summed E-state index contributed by atoms with van der Waals surface area (Å²) in [6.07, 6.45) is -0.0953. The van der Waals surface area contributed by atoms with Gasteiger partial charge in [-0.05, 0) is 19.4 Å². The van der Waals surface area contributed by atoms with Crippen LogP contribution in [0.3, 0.4) is 0 Å². The van der Waals surface area contributed by atoms with Gasteiger partial charge in [0.1, 0.15) is 6.10 Å². The molecule has 1 aromatic carbocycles. The predicted molar refractivity (Wildman–Crippen MR) is 78.9 cm³/mol. The highest BCUT2D eigenvalue weighted by molar-refractivity contribution is 5.28. The van der Waals surface area contributed by atoms with Gasteiger partial charge in [-0.15, -0.1) is 0 Å². The van der Waals surface area contributed by atoms with E-state index in [4.69, 9.17) is 9.26 Å². The van der Waals surface area contributed by atoms with Crippen molar-refractivity contribution in [1.82, 2.24) is 15.0 Å². The van der Waals surface area contributed by atoms with Gasteiger partial charge in [0.05, 0.1) is 6.61 Å². The van der Waals surface area contributed by atoms with Crippen molar-refractivity contribution in [2.24, 2.45) is 0 Å². The predicted octanol–water partition coefficient (Wildman–Crippen LogP) is 2.57. The molecule has 21 heavy (non-hydrogen) atoms. The zero-order valence-electron chi connectivity index (χ0n) is 12.8. The third-order valence-electron chi connectivity index (χ3n) is 3.67. The highest BCUT2D eigenvalue weighted by Crippen LogP contribution is 2.21. The van der Waals surface area contributed by atoms with Crippen LogP contribution >= 0.6 is 0 Å². The lowest BCUT2D eigenvalue weighted by Crippen LogP contribution is -2.38. The molecule has 0 amide bonds. The highest BCUT2D eigenvalue weighted by Gasteiger charge is 2.25. The summed E-state index contributed by atoms with van der Waals surface area (Å²) in [5.41, 5.74) is 3.96. The topological polar surface area (TPSA) is 51.4 Å². The zero-order valence-corrected chi connectivity index (χ0v) is 12.8. The Morgan fingerprint density at radius 3 is 2.62 bits per heavy atom. The standard InChI is InChI=1S/C16H21N3O2/c1-11-6-12(2)8-14(7-11)9-19-4-5-20-15(10-19)16-17-13(3)21-18-16/h6-8,15H,4-5,9-10H2,1-3H3. The van der Waals surface area contributed by atoms with Crippen molar-refractivity contribution in [3.8, 4) is 0 Å². The number of ether oxygens (including phenoxy) is 1. The third-order valence-corrected chi connectivity index (χ3v) is 3.67. The normalized spacial score (nSPS) is 19.9. The van der Waals surface area contributed by atoms with Crippen molar-refractivity contribution >= 4 is 0 Å². The largest absolute Gasteiger partial charge is 0.367 e. The van der Waals surface area contributed by atoms with Crippen LogP contribution in [-0.2, 0) is 11.3 Å². The molecule has 2 heterocycles. The Labute approximate surface area is 124 Å². The van der Waals surface area contributed by atoms with E-state index in [0.29, 0.717) is 18.3 Å². The molecule has 0 saturated carbocycles. The minimum atomic E-state index is -0.0953. The summed E-state index contributed by atoms with van der Waals surface area (Å²) in [7, 11) is 0. The molecule has 1 atom stereocenters. The van der Waals surface area contributed by atoms with E-state index < -0.39 is 0 Å². The van der Waals surface area contributed by atoms with Crippen LogP contribution < -0.4 is 0 Å². The Morgan fingerprint density at radius 1 is 1.19 bits per heavy atom. The van der Waals surface area contributed by atoms with Gasteiger partial charge >= 0.3 is 0 Å². The number of hydrogen-bond acceptors (Lipinski definition) is 5. The number of aromatic nitrogens is 2. The molecule has 0 radical (unpaired) electrons. The summed E-state index contributed by atoms with van der Waals surface area (Å²) in [6.45, 7) is 9.43. The summed E-state index contributed by atoms with van der Waals surface area (Å²) in [5, 5.41) is 3.97. The Hall–Kier alpha value is -1.72. The smallest absolute Gasteiger partial charge is 0.223 e. The average molecular weight is 287 g/mol. The van der Waals surface area contributed by atoms with Crippen LogP contribution in [0.1, 0.15) is 34.5 Å². The van der Waals surface area contributed by atoms with Crippen molar-refractivity contribution < 1.29 is 9.26 Å². The summed E-state index contributed by atoms with van der Waals surface area (Å²) in [4.78, 5) is 6.66. The van der Waals surface area contributed by atoms with Gasteiger partial charge in [0.25, 0.3) is 0 Å². The van der Waals surface area contributed by atoms with E-state index in [-0.39, 0.29) is 6.10 Å². The molecule has 5 heteroatoms. The summed E-state index contributed by atoms with van der Waals surface area (Å²) in [5.74, 6) is 1.23. The summed E-state index contributed by atoms with van der Waals surface area (Å²) >= 11 is 0. The van der Waals surface area contributed by atoms with E-state index in [2.05, 4.69) is 47.1 Å². The number of nitrogens with zero attached hydrogens (tertiary/aromatic N) is 3. The van der Waals surface area contributed by atoms with Crippen LogP contribution in [0.5, 0.6) is 0 Å². The van der Waals surface area contributed by atoms with Crippen molar-refractivity contribution in [1.29, 1.82) is 0 Å². The second-order valence-electron chi connectivity index (χ2n) is 5.76. The van der Waals surface area contributed by atoms with E-state index in [1.54, 1.807) is 6.92 Å². The summed E-state index contributed by atoms with van der Waals surface area (Å²) < 4.78 is 10.8. The van der Waals surface area contributed by atoms with Crippen molar-refractivity contribution in [2.75, 3.05) is 19.7 Å². The van der Waals surface area contributed by atoms with Gasteiger partial charge in [0, 0.05) is 26.6 Å². The molecule has 1 fully saturated rings. The molecule has 0 aliphatic carbocycles. The van der Waals surface area contributed by atoms with Crippen molar-refractivity contribution in [3.05, 3.63) is 46.6 Å². The van der Waals surface area contributed by atoms with Gasteiger partial charge in [0.15, 0.2) is 0 Å². The minimum absolute atomic E-state index is 0.0953. The lowest BCUT2D eigenvalue weighted by Gasteiger charge is -2.31. The fourth-order valence-corrected chi connectivity index (χ4v) is 2.87. The lowest BCUT2D eigenvalue weighted by atomic mass is 10.1. The molecule has 0 spiro atoms. The first kappa shape index (κ1) is 14.2.